The molecule has 0 aromatic rings. The summed E-state index contributed by atoms with van der Waals surface area (Å²) in [7, 11) is 0. The van der Waals surface area contributed by atoms with Crippen LogP contribution < -0.4 is 5.32 Å². The number of nitrogens with one attached hydrogen (secondary N) is 1. The zero-order valence-corrected chi connectivity index (χ0v) is 15.0. The highest BCUT2D eigenvalue weighted by Crippen LogP contribution is 2.12. The quantitative estimate of drug-likeness (QED) is 0.306. The molecule has 1 atom stereocenters. The monoisotopic (exact) mass is 363 g/mol. The van der Waals surface area contributed by atoms with Gasteiger partial charge < -0.3 is 10.1 Å². The molecule has 0 aliphatic carbocycles. The molecule has 4 nitrogen and oxygen atoms in total. The SMILES string of the molecule is CCC(=O)NCCCCCCCCCC(CBr)OC(C)=O. The number of rotatable bonds is 13. The fourth-order valence-corrected chi connectivity index (χ4v) is 2.59. The Morgan fingerprint density at radius 2 is 1.62 bits per heavy atom. The van der Waals surface area contributed by atoms with E-state index < -0.39 is 0 Å². The number of hydrogen-bond acceptors (Lipinski definition) is 3. The van der Waals surface area contributed by atoms with Crippen molar-refractivity contribution in [2.45, 2.75) is 77.7 Å². The van der Waals surface area contributed by atoms with Crippen molar-refractivity contribution < 1.29 is 14.3 Å². The fraction of sp³-hybridized carbons (Fsp3) is 0.875. The molecule has 0 heterocycles. The molecule has 0 aromatic heterocycles. The van der Waals surface area contributed by atoms with E-state index in [9.17, 15) is 9.59 Å². The third-order valence-electron chi connectivity index (χ3n) is 3.35. The second kappa shape index (κ2) is 14.4. The molecule has 0 fully saturated rings. The van der Waals surface area contributed by atoms with E-state index in [0.29, 0.717) is 6.42 Å². The van der Waals surface area contributed by atoms with Crippen molar-refractivity contribution in [1.29, 1.82) is 0 Å². The highest BCUT2D eigenvalue weighted by atomic mass is 79.9. The first-order valence-electron chi connectivity index (χ1n) is 8.10. The second-order valence-electron chi connectivity index (χ2n) is 5.35. The number of hydrogen-bond donors (Lipinski definition) is 1. The van der Waals surface area contributed by atoms with Gasteiger partial charge in [-0.3, -0.25) is 9.59 Å². The van der Waals surface area contributed by atoms with Gasteiger partial charge in [0.1, 0.15) is 6.10 Å². The van der Waals surface area contributed by atoms with Crippen LogP contribution in [0, 0.1) is 0 Å². The number of halogens is 1. The highest BCUT2D eigenvalue weighted by molar-refractivity contribution is 9.09. The molecule has 1 amide bonds. The first kappa shape index (κ1) is 20.4. The van der Waals surface area contributed by atoms with E-state index in [2.05, 4.69) is 21.2 Å². The van der Waals surface area contributed by atoms with Gasteiger partial charge in [0.15, 0.2) is 0 Å². The van der Waals surface area contributed by atoms with E-state index in [1.165, 1.54) is 39.0 Å². The molecule has 0 spiro atoms. The van der Waals surface area contributed by atoms with Gasteiger partial charge in [0.25, 0.3) is 0 Å². The third-order valence-corrected chi connectivity index (χ3v) is 4.07. The molecule has 0 aliphatic rings. The minimum Gasteiger partial charge on any atom is -0.462 e. The summed E-state index contributed by atoms with van der Waals surface area (Å²) in [6, 6.07) is 0. The van der Waals surface area contributed by atoms with Crippen LogP contribution in [0.25, 0.3) is 0 Å². The zero-order chi connectivity index (χ0) is 15.9. The van der Waals surface area contributed by atoms with Gasteiger partial charge in [-0.25, -0.2) is 0 Å². The molecule has 1 N–H and O–H groups in total. The predicted molar refractivity (Wildman–Crippen MR) is 89.6 cm³/mol. The van der Waals surface area contributed by atoms with Gasteiger partial charge in [-0.1, -0.05) is 55.0 Å². The van der Waals surface area contributed by atoms with Crippen LogP contribution in [0.15, 0.2) is 0 Å². The van der Waals surface area contributed by atoms with Crippen LogP contribution in [0.1, 0.15) is 71.6 Å². The Morgan fingerprint density at radius 3 is 2.14 bits per heavy atom. The number of esters is 1. The van der Waals surface area contributed by atoms with E-state index in [1.807, 2.05) is 6.92 Å². The van der Waals surface area contributed by atoms with Crippen molar-refractivity contribution >= 4 is 27.8 Å². The summed E-state index contributed by atoms with van der Waals surface area (Å²) in [5.74, 6) is -0.0567. The first-order chi connectivity index (χ1) is 10.1. The summed E-state index contributed by atoms with van der Waals surface area (Å²) < 4.78 is 5.18. The van der Waals surface area contributed by atoms with Crippen molar-refractivity contribution in [3.05, 3.63) is 0 Å². The zero-order valence-electron chi connectivity index (χ0n) is 13.5. The molecular weight excluding hydrogens is 334 g/mol. The summed E-state index contributed by atoms with van der Waals surface area (Å²) in [5.41, 5.74) is 0. The lowest BCUT2D eigenvalue weighted by Crippen LogP contribution is -2.23. The lowest BCUT2D eigenvalue weighted by molar-refractivity contribution is -0.145. The van der Waals surface area contributed by atoms with Gasteiger partial charge in [0.2, 0.25) is 5.91 Å². The lowest BCUT2D eigenvalue weighted by Gasteiger charge is -2.13. The van der Waals surface area contributed by atoms with Crippen molar-refractivity contribution in [3.63, 3.8) is 0 Å². The number of amides is 1. The maximum absolute atomic E-state index is 11.0. The van der Waals surface area contributed by atoms with Crippen LogP contribution in [0.5, 0.6) is 0 Å². The molecule has 0 radical (unpaired) electrons. The van der Waals surface area contributed by atoms with Gasteiger partial charge in [-0.2, -0.15) is 0 Å². The minimum absolute atomic E-state index is 0.0182. The second-order valence-corrected chi connectivity index (χ2v) is 6.00. The molecule has 1 unspecified atom stereocenters. The Hall–Kier alpha value is -0.580. The number of carbonyl (C=O) groups excluding carboxylic acids is 2. The van der Waals surface area contributed by atoms with Crippen LogP contribution in [-0.4, -0.2) is 29.9 Å². The molecule has 5 heteroatoms. The van der Waals surface area contributed by atoms with E-state index in [-0.39, 0.29) is 18.0 Å². The van der Waals surface area contributed by atoms with E-state index >= 15 is 0 Å². The lowest BCUT2D eigenvalue weighted by atomic mass is 10.1. The molecule has 0 aliphatic heterocycles. The van der Waals surface area contributed by atoms with Crippen molar-refractivity contribution in [3.8, 4) is 0 Å². The Balaban J connectivity index is 3.28. The minimum atomic E-state index is -0.199. The molecule has 124 valence electrons. The standard InChI is InChI=1S/C16H30BrNO3/c1-3-16(20)18-12-10-8-6-4-5-7-9-11-15(13-17)21-14(2)19/h15H,3-13H2,1-2H3,(H,18,20). The van der Waals surface area contributed by atoms with Gasteiger partial charge in [-0.15, -0.1) is 0 Å². The van der Waals surface area contributed by atoms with Gasteiger partial charge in [-0.05, 0) is 19.3 Å². The Kier molecular flexibility index (Phi) is 14.0. The summed E-state index contributed by atoms with van der Waals surface area (Å²) in [6.07, 6.45) is 9.79. The number of carbonyl (C=O) groups is 2. The maximum atomic E-state index is 11.0. The third kappa shape index (κ3) is 14.1. The number of ether oxygens (including phenoxy) is 1. The van der Waals surface area contributed by atoms with E-state index in [4.69, 9.17) is 4.74 Å². The van der Waals surface area contributed by atoms with Crippen molar-refractivity contribution in [1.82, 2.24) is 5.32 Å². The molecule has 0 aromatic carbocycles. The molecular formula is C16H30BrNO3. The Bertz CT molecular complexity index is 285. The maximum Gasteiger partial charge on any atom is 0.302 e. The van der Waals surface area contributed by atoms with Crippen LogP contribution in [0.4, 0.5) is 0 Å². The van der Waals surface area contributed by atoms with Crippen molar-refractivity contribution in [2.75, 3.05) is 11.9 Å². The Labute approximate surface area is 137 Å². The van der Waals surface area contributed by atoms with Gasteiger partial charge >= 0.3 is 5.97 Å². The van der Waals surface area contributed by atoms with Gasteiger partial charge in [0, 0.05) is 25.2 Å². The van der Waals surface area contributed by atoms with Crippen LogP contribution in [0.3, 0.4) is 0 Å². The predicted octanol–water partition coefficient (Wildman–Crippen LogP) is 3.96. The average Bonchev–Trinajstić information content (AvgIpc) is 2.47. The molecule has 0 saturated carbocycles. The molecule has 0 bridgehead atoms. The normalized spacial score (nSPS) is 12.0. The van der Waals surface area contributed by atoms with Crippen LogP contribution >= 0.6 is 15.9 Å². The molecule has 0 saturated heterocycles. The van der Waals surface area contributed by atoms with Gasteiger partial charge in [0.05, 0.1) is 0 Å². The fourth-order valence-electron chi connectivity index (χ4n) is 2.14. The smallest absolute Gasteiger partial charge is 0.302 e. The van der Waals surface area contributed by atoms with Crippen molar-refractivity contribution in [2.24, 2.45) is 0 Å². The number of alkyl halides is 1. The largest absolute Gasteiger partial charge is 0.462 e. The summed E-state index contributed by atoms with van der Waals surface area (Å²) in [4.78, 5) is 21.9. The first-order valence-corrected chi connectivity index (χ1v) is 9.22. The Morgan fingerprint density at radius 1 is 1.05 bits per heavy atom. The molecule has 0 rings (SSSR count). The molecule has 21 heavy (non-hydrogen) atoms. The summed E-state index contributed by atoms with van der Waals surface area (Å²) >= 11 is 3.37. The van der Waals surface area contributed by atoms with Crippen LogP contribution in [0.2, 0.25) is 0 Å². The topological polar surface area (TPSA) is 55.4 Å². The van der Waals surface area contributed by atoms with Crippen LogP contribution in [-0.2, 0) is 14.3 Å². The highest BCUT2D eigenvalue weighted by Gasteiger charge is 2.09. The number of unbranched alkanes of at least 4 members (excludes halogenated alkanes) is 6. The summed E-state index contributed by atoms with van der Waals surface area (Å²) in [6.45, 7) is 4.14. The summed E-state index contributed by atoms with van der Waals surface area (Å²) in [5, 5.41) is 3.61. The van der Waals surface area contributed by atoms with E-state index in [0.717, 1.165) is 31.1 Å². The van der Waals surface area contributed by atoms with E-state index in [1.54, 1.807) is 0 Å². The average molecular weight is 364 g/mol.